The Hall–Kier alpha value is -1.39. The van der Waals surface area contributed by atoms with Gasteiger partial charge in [0.25, 0.3) is 5.91 Å². The number of rotatable bonds is 1. The van der Waals surface area contributed by atoms with Crippen LogP contribution in [0.4, 0.5) is 0 Å². The van der Waals surface area contributed by atoms with Crippen LogP contribution in [0.5, 0.6) is 0 Å². The van der Waals surface area contributed by atoms with Crippen LogP contribution in [0, 0.1) is 0 Å². The monoisotopic (exact) mass is 232 g/mol. The van der Waals surface area contributed by atoms with Gasteiger partial charge in [-0.15, -0.1) is 0 Å². The first-order valence-electron chi connectivity index (χ1n) is 5.89. The minimum atomic E-state index is -0.700. The van der Waals surface area contributed by atoms with Crippen molar-refractivity contribution in [3.8, 4) is 0 Å². The Morgan fingerprint density at radius 3 is 2.76 bits per heavy atom. The van der Waals surface area contributed by atoms with E-state index in [9.17, 15) is 9.90 Å². The summed E-state index contributed by atoms with van der Waals surface area (Å²) in [5.74, 6) is 0.0197. The molecule has 2 heterocycles. The highest BCUT2D eigenvalue weighted by atomic mass is 16.3. The molecule has 1 aromatic carbocycles. The number of aliphatic hydroxyl groups is 1. The maximum absolute atomic E-state index is 12.1. The van der Waals surface area contributed by atoms with Gasteiger partial charge in [-0.3, -0.25) is 4.79 Å². The number of hydrogen-bond donors (Lipinski definition) is 2. The molecule has 90 valence electrons. The summed E-state index contributed by atoms with van der Waals surface area (Å²) in [6.45, 7) is 4.35. The number of amides is 1. The molecule has 0 spiro atoms. The second kappa shape index (κ2) is 3.55. The predicted molar refractivity (Wildman–Crippen MR) is 63.5 cm³/mol. The van der Waals surface area contributed by atoms with E-state index in [1.54, 1.807) is 11.8 Å². The van der Waals surface area contributed by atoms with E-state index in [4.69, 9.17) is 0 Å². The van der Waals surface area contributed by atoms with Crippen LogP contribution < -0.4 is 5.32 Å². The van der Waals surface area contributed by atoms with Crippen molar-refractivity contribution < 1.29 is 9.90 Å². The van der Waals surface area contributed by atoms with Gasteiger partial charge in [0.15, 0.2) is 0 Å². The fourth-order valence-electron chi connectivity index (χ4n) is 2.53. The van der Waals surface area contributed by atoms with Crippen molar-refractivity contribution >= 4 is 5.91 Å². The minimum absolute atomic E-state index is 0.0197. The van der Waals surface area contributed by atoms with Crippen LogP contribution in [0.15, 0.2) is 18.2 Å². The Balaban J connectivity index is 1.79. The number of carbonyl (C=O) groups excluding carboxylic acids is 1. The average Bonchev–Trinajstić information content (AvgIpc) is 2.71. The van der Waals surface area contributed by atoms with E-state index in [0.29, 0.717) is 13.1 Å². The molecular formula is C13H16N2O2. The molecule has 1 amide bonds. The molecule has 0 radical (unpaired) electrons. The van der Waals surface area contributed by atoms with Crippen molar-refractivity contribution in [2.75, 3.05) is 13.1 Å². The highest BCUT2D eigenvalue weighted by Gasteiger charge is 2.39. The lowest BCUT2D eigenvalue weighted by Crippen LogP contribution is -2.61. The molecule has 1 fully saturated rings. The minimum Gasteiger partial charge on any atom is -0.386 e. The Morgan fingerprint density at radius 2 is 2.06 bits per heavy atom. The number of β-amino-alcohol motifs (C(OH)–C–C–N with tert-alkyl or cyclic N) is 1. The summed E-state index contributed by atoms with van der Waals surface area (Å²) in [5.41, 5.74) is 2.51. The molecule has 0 aromatic heterocycles. The largest absolute Gasteiger partial charge is 0.386 e. The van der Waals surface area contributed by atoms with Gasteiger partial charge in [0.2, 0.25) is 0 Å². The first-order valence-corrected chi connectivity index (χ1v) is 5.89. The van der Waals surface area contributed by atoms with Crippen LogP contribution in [0.25, 0.3) is 0 Å². The Kier molecular flexibility index (Phi) is 2.24. The molecule has 4 nitrogen and oxygen atoms in total. The fraction of sp³-hybridized carbons (Fsp3) is 0.462. The second-order valence-electron chi connectivity index (χ2n) is 5.25. The molecule has 0 aliphatic carbocycles. The van der Waals surface area contributed by atoms with Crippen molar-refractivity contribution in [2.45, 2.75) is 25.6 Å². The number of benzene rings is 1. The lowest BCUT2D eigenvalue weighted by molar-refractivity contribution is -0.0668. The summed E-state index contributed by atoms with van der Waals surface area (Å²) in [6, 6.07) is 5.85. The molecule has 2 N–H and O–H groups in total. The van der Waals surface area contributed by atoms with Crippen LogP contribution >= 0.6 is 0 Å². The van der Waals surface area contributed by atoms with Crippen molar-refractivity contribution in [1.82, 2.24) is 10.2 Å². The Bertz CT molecular complexity index is 474. The van der Waals surface area contributed by atoms with Gasteiger partial charge in [-0.25, -0.2) is 0 Å². The van der Waals surface area contributed by atoms with E-state index in [1.165, 1.54) is 11.1 Å². The summed E-state index contributed by atoms with van der Waals surface area (Å²) >= 11 is 0. The van der Waals surface area contributed by atoms with Gasteiger partial charge in [0.05, 0.1) is 18.7 Å². The van der Waals surface area contributed by atoms with Crippen LogP contribution in [0.1, 0.15) is 28.4 Å². The molecule has 4 heteroatoms. The van der Waals surface area contributed by atoms with E-state index in [1.807, 2.05) is 18.2 Å². The van der Waals surface area contributed by atoms with Crippen molar-refractivity contribution in [2.24, 2.45) is 0 Å². The van der Waals surface area contributed by atoms with Crippen LogP contribution in [0.2, 0.25) is 0 Å². The molecular weight excluding hydrogens is 216 g/mol. The molecule has 17 heavy (non-hydrogen) atoms. The molecule has 1 saturated heterocycles. The number of nitrogens with zero attached hydrogens (tertiary/aromatic N) is 1. The molecule has 3 rings (SSSR count). The number of fused-ring (bicyclic) bond motifs is 1. The second-order valence-corrected chi connectivity index (χ2v) is 5.25. The Morgan fingerprint density at radius 1 is 1.35 bits per heavy atom. The average molecular weight is 232 g/mol. The smallest absolute Gasteiger partial charge is 0.254 e. The van der Waals surface area contributed by atoms with E-state index in [-0.39, 0.29) is 5.91 Å². The molecule has 2 aliphatic heterocycles. The fourth-order valence-corrected chi connectivity index (χ4v) is 2.53. The third kappa shape index (κ3) is 1.83. The van der Waals surface area contributed by atoms with Crippen LogP contribution in [-0.4, -0.2) is 34.6 Å². The van der Waals surface area contributed by atoms with Crippen LogP contribution in [-0.2, 0) is 13.1 Å². The summed E-state index contributed by atoms with van der Waals surface area (Å²) in [4.78, 5) is 13.8. The third-order valence-electron chi connectivity index (χ3n) is 3.43. The quantitative estimate of drug-likeness (QED) is 0.741. The molecule has 0 unspecified atom stereocenters. The third-order valence-corrected chi connectivity index (χ3v) is 3.43. The van der Waals surface area contributed by atoms with Crippen molar-refractivity contribution in [3.05, 3.63) is 34.9 Å². The number of nitrogens with one attached hydrogen (secondary N) is 1. The number of likely N-dealkylation sites (tertiary alicyclic amines) is 1. The summed E-state index contributed by atoms with van der Waals surface area (Å²) in [6.07, 6.45) is 0. The molecule has 2 aliphatic rings. The first-order chi connectivity index (χ1) is 8.05. The lowest BCUT2D eigenvalue weighted by atomic mass is 9.95. The lowest BCUT2D eigenvalue weighted by Gasteiger charge is -2.44. The van der Waals surface area contributed by atoms with Gasteiger partial charge in [0, 0.05) is 18.7 Å². The van der Waals surface area contributed by atoms with E-state index in [0.717, 1.165) is 18.7 Å². The summed E-state index contributed by atoms with van der Waals surface area (Å²) in [7, 11) is 0. The SMILES string of the molecule is CC1(O)CN(C(=O)c2ccc3c(c2)CNC3)C1. The van der Waals surface area contributed by atoms with Gasteiger partial charge in [-0.05, 0) is 30.2 Å². The maximum atomic E-state index is 12.1. The van der Waals surface area contributed by atoms with Gasteiger partial charge in [0.1, 0.15) is 0 Å². The predicted octanol–water partition coefficient (Wildman–Crippen LogP) is 0.497. The van der Waals surface area contributed by atoms with Crippen molar-refractivity contribution in [3.63, 3.8) is 0 Å². The Labute approximate surface area is 100 Å². The zero-order valence-corrected chi connectivity index (χ0v) is 9.86. The van der Waals surface area contributed by atoms with E-state index >= 15 is 0 Å². The highest BCUT2D eigenvalue weighted by Crippen LogP contribution is 2.24. The topological polar surface area (TPSA) is 52.6 Å². The van der Waals surface area contributed by atoms with Gasteiger partial charge >= 0.3 is 0 Å². The number of carbonyl (C=O) groups is 1. The summed E-state index contributed by atoms with van der Waals surface area (Å²) < 4.78 is 0. The number of hydrogen-bond acceptors (Lipinski definition) is 3. The first kappa shape index (κ1) is 10.7. The summed E-state index contributed by atoms with van der Waals surface area (Å²) in [5, 5.41) is 12.9. The van der Waals surface area contributed by atoms with Gasteiger partial charge in [-0.2, -0.15) is 0 Å². The van der Waals surface area contributed by atoms with Crippen molar-refractivity contribution in [1.29, 1.82) is 0 Å². The zero-order chi connectivity index (χ0) is 12.0. The van der Waals surface area contributed by atoms with E-state index in [2.05, 4.69) is 5.32 Å². The standard InChI is InChI=1S/C13H16N2O2/c1-13(17)7-15(8-13)12(16)9-2-3-10-5-14-6-11(10)4-9/h2-4,14,17H,5-8H2,1H3. The van der Waals surface area contributed by atoms with E-state index < -0.39 is 5.60 Å². The molecule has 0 atom stereocenters. The molecule has 0 saturated carbocycles. The maximum Gasteiger partial charge on any atom is 0.254 e. The van der Waals surface area contributed by atoms with Gasteiger partial charge < -0.3 is 15.3 Å². The van der Waals surface area contributed by atoms with Crippen LogP contribution in [0.3, 0.4) is 0 Å². The molecule has 1 aromatic rings. The zero-order valence-electron chi connectivity index (χ0n) is 9.86. The van der Waals surface area contributed by atoms with Gasteiger partial charge in [-0.1, -0.05) is 6.07 Å². The molecule has 0 bridgehead atoms. The normalized spacial score (nSPS) is 20.9. The highest BCUT2D eigenvalue weighted by molar-refractivity contribution is 5.95.